The molecule has 0 spiro atoms. The van der Waals surface area contributed by atoms with Gasteiger partial charge in [-0.25, -0.2) is 9.78 Å². The fraction of sp³-hybridized carbons (Fsp3) is 0.211. The zero-order chi connectivity index (χ0) is 18.1. The molecule has 1 amide bonds. The van der Waals surface area contributed by atoms with E-state index < -0.39 is 5.97 Å². The average molecular weight is 387 g/mol. The Labute approximate surface area is 159 Å². The maximum atomic E-state index is 12.6. The van der Waals surface area contributed by atoms with Crippen molar-refractivity contribution in [1.82, 2.24) is 4.98 Å². The molecule has 2 aromatic carbocycles. The Kier molecular flexibility index (Phi) is 4.61. The van der Waals surface area contributed by atoms with Gasteiger partial charge in [-0.15, -0.1) is 11.3 Å². The number of amides is 1. The summed E-state index contributed by atoms with van der Waals surface area (Å²) >= 11 is 7.56. The summed E-state index contributed by atoms with van der Waals surface area (Å²) in [6.45, 7) is 0.672. The SMILES string of the molecule is O=C(OCc1nc2ccccc2s1)c1ccc(Cl)cc1N1CCCC1=O. The predicted octanol–water partition coefficient (Wildman–Crippen LogP) is 4.43. The van der Waals surface area contributed by atoms with E-state index in [0.29, 0.717) is 29.2 Å². The molecule has 0 unspecified atom stereocenters. The van der Waals surface area contributed by atoms with Crippen molar-refractivity contribution in [2.24, 2.45) is 0 Å². The number of para-hydroxylation sites is 1. The molecule has 0 saturated carbocycles. The summed E-state index contributed by atoms with van der Waals surface area (Å²) in [5.74, 6) is -0.497. The van der Waals surface area contributed by atoms with Gasteiger partial charge in [0, 0.05) is 18.0 Å². The minimum atomic E-state index is -0.490. The summed E-state index contributed by atoms with van der Waals surface area (Å²) in [6, 6.07) is 12.6. The lowest BCUT2D eigenvalue weighted by molar-refractivity contribution is -0.117. The molecule has 4 rings (SSSR count). The molecule has 1 fully saturated rings. The molecule has 0 bridgehead atoms. The summed E-state index contributed by atoms with van der Waals surface area (Å²) < 4.78 is 6.50. The molecule has 1 saturated heterocycles. The summed E-state index contributed by atoms with van der Waals surface area (Å²) in [5.41, 5.74) is 1.73. The molecule has 0 N–H and O–H groups in total. The summed E-state index contributed by atoms with van der Waals surface area (Å²) in [4.78, 5) is 30.7. The quantitative estimate of drug-likeness (QED) is 0.622. The Morgan fingerprint density at radius 3 is 2.88 bits per heavy atom. The van der Waals surface area contributed by atoms with Gasteiger partial charge in [0.15, 0.2) is 0 Å². The number of anilines is 1. The van der Waals surface area contributed by atoms with E-state index in [1.54, 1.807) is 23.1 Å². The second-order valence-corrected chi connectivity index (χ2v) is 7.51. The van der Waals surface area contributed by atoms with Crippen LogP contribution in [0.2, 0.25) is 5.02 Å². The molecule has 26 heavy (non-hydrogen) atoms. The number of hydrogen-bond donors (Lipinski definition) is 0. The zero-order valence-corrected chi connectivity index (χ0v) is 15.3. The number of fused-ring (bicyclic) bond motifs is 1. The second kappa shape index (κ2) is 7.05. The van der Waals surface area contributed by atoms with Crippen LogP contribution in [0.4, 0.5) is 5.69 Å². The Bertz CT molecular complexity index is 968. The standard InChI is InChI=1S/C19H15ClN2O3S/c20-12-7-8-13(15(10-12)22-9-3-6-18(22)23)19(24)25-11-17-21-14-4-1-2-5-16(14)26-17/h1-2,4-5,7-8,10H,3,6,9,11H2. The van der Waals surface area contributed by atoms with Gasteiger partial charge in [-0.1, -0.05) is 23.7 Å². The smallest absolute Gasteiger partial charge is 0.340 e. The number of nitrogens with zero attached hydrogens (tertiary/aromatic N) is 2. The summed E-state index contributed by atoms with van der Waals surface area (Å²) in [5, 5.41) is 1.20. The Morgan fingerprint density at radius 1 is 1.27 bits per heavy atom. The number of aromatic nitrogens is 1. The largest absolute Gasteiger partial charge is 0.455 e. The molecular formula is C19H15ClN2O3S. The number of rotatable bonds is 4. The van der Waals surface area contributed by atoms with E-state index in [-0.39, 0.29) is 12.5 Å². The number of ether oxygens (including phenoxy) is 1. The van der Waals surface area contributed by atoms with Crippen molar-refractivity contribution in [3.63, 3.8) is 0 Å². The highest BCUT2D eigenvalue weighted by molar-refractivity contribution is 7.18. The molecule has 3 aromatic rings. The van der Waals surface area contributed by atoms with Gasteiger partial charge < -0.3 is 9.64 Å². The van der Waals surface area contributed by atoms with Crippen LogP contribution in [0.25, 0.3) is 10.2 Å². The monoisotopic (exact) mass is 386 g/mol. The first-order chi connectivity index (χ1) is 12.6. The molecule has 5 nitrogen and oxygen atoms in total. The molecular weight excluding hydrogens is 372 g/mol. The fourth-order valence-corrected chi connectivity index (χ4v) is 4.04. The van der Waals surface area contributed by atoms with Gasteiger partial charge in [-0.2, -0.15) is 0 Å². The molecule has 7 heteroatoms. The van der Waals surface area contributed by atoms with Crippen molar-refractivity contribution in [2.45, 2.75) is 19.4 Å². The van der Waals surface area contributed by atoms with Crippen molar-refractivity contribution < 1.29 is 14.3 Å². The van der Waals surface area contributed by atoms with E-state index in [9.17, 15) is 9.59 Å². The highest BCUT2D eigenvalue weighted by Crippen LogP contribution is 2.30. The van der Waals surface area contributed by atoms with E-state index in [4.69, 9.17) is 16.3 Å². The van der Waals surface area contributed by atoms with Crippen LogP contribution in [0, 0.1) is 0 Å². The lowest BCUT2D eigenvalue weighted by atomic mass is 10.1. The number of thiazole rings is 1. The van der Waals surface area contributed by atoms with E-state index in [1.807, 2.05) is 24.3 Å². The van der Waals surface area contributed by atoms with Crippen LogP contribution in [0.3, 0.4) is 0 Å². The Hall–Kier alpha value is -2.44. The molecule has 2 heterocycles. The molecule has 132 valence electrons. The summed E-state index contributed by atoms with van der Waals surface area (Å²) in [6.07, 6.45) is 1.25. The predicted molar refractivity (Wildman–Crippen MR) is 102 cm³/mol. The highest BCUT2D eigenvalue weighted by Gasteiger charge is 2.26. The van der Waals surface area contributed by atoms with Gasteiger partial charge in [0.2, 0.25) is 5.91 Å². The van der Waals surface area contributed by atoms with Gasteiger partial charge in [0.05, 0.1) is 21.5 Å². The van der Waals surface area contributed by atoms with E-state index in [1.165, 1.54) is 11.3 Å². The van der Waals surface area contributed by atoms with Crippen LogP contribution in [-0.4, -0.2) is 23.4 Å². The summed E-state index contributed by atoms with van der Waals surface area (Å²) in [7, 11) is 0. The Balaban J connectivity index is 1.55. The maximum absolute atomic E-state index is 12.6. The lowest BCUT2D eigenvalue weighted by Crippen LogP contribution is -2.26. The first kappa shape index (κ1) is 17.0. The second-order valence-electron chi connectivity index (χ2n) is 5.96. The van der Waals surface area contributed by atoms with Crippen LogP contribution in [0.15, 0.2) is 42.5 Å². The molecule has 0 aliphatic carbocycles. The first-order valence-corrected chi connectivity index (χ1v) is 9.43. The number of hydrogen-bond acceptors (Lipinski definition) is 5. The molecule has 1 aromatic heterocycles. The van der Waals surface area contributed by atoms with Crippen LogP contribution in [0.1, 0.15) is 28.2 Å². The fourth-order valence-electron chi connectivity index (χ4n) is 2.99. The minimum absolute atomic E-state index is 0.00695. The number of benzene rings is 2. The van der Waals surface area contributed by atoms with Crippen molar-refractivity contribution in [2.75, 3.05) is 11.4 Å². The third-order valence-corrected chi connectivity index (χ3v) is 5.45. The van der Waals surface area contributed by atoms with Gasteiger partial charge in [0.1, 0.15) is 11.6 Å². The maximum Gasteiger partial charge on any atom is 0.340 e. The molecule has 1 aliphatic rings. The highest BCUT2D eigenvalue weighted by atomic mass is 35.5. The number of halogens is 1. The van der Waals surface area contributed by atoms with E-state index in [2.05, 4.69) is 4.98 Å². The van der Waals surface area contributed by atoms with Gasteiger partial charge >= 0.3 is 5.97 Å². The topological polar surface area (TPSA) is 59.5 Å². The lowest BCUT2D eigenvalue weighted by Gasteiger charge is -2.19. The minimum Gasteiger partial charge on any atom is -0.455 e. The van der Waals surface area contributed by atoms with Gasteiger partial charge in [-0.05, 0) is 36.8 Å². The Morgan fingerprint density at radius 2 is 2.12 bits per heavy atom. The van der Waals surface area contributed by atoms with Crippen LogP contribution >= 0.6 is 22.9 Å². The van der Waals surface area contributed by atoms with Gasteiger partial charge in [0.25, 0.3) is 0 Å². The third kappa shape index (κ3) is 3.30. The number of carbonyl (C=O) groups excluding carboxylic acids is 2. The van der Waals surface area contributed by atoms with Crippen molar-refractivity contribution >= 4 is 50.7 Å². The van der Waals surface area contributed by atoms with Crippen LogP contribution in [-0.2, 0) is 16.1 Å². The molecule has 0 atom stereocenters. The van der Waals surface area contributed by atoms with Gasteiger partial charge in [-0.3, -0.25) is 4.79 Å². The van der Waals surface area contributed by atoms with Crippen LogP contribution in [0.5, 0.6) is 0 Å². The molecule has 1 aliphatic heterocycles. The average Bonchev–Trinajstić information content (AvgIpc) is 3.25. The van der Waals surface area contributed by atoms with Crippen molar-refractivity contribution in [3.8, 4) is 0 Å². The molecule has 0 radical (unpaired) electrons. The van der Waals surface area contributed by atoms with E-state index >= 15 is 0 Å². The normalized spacial score (nSPS) is 14.2. The van der Waals surface area contributed by atoms with Crippen LogP contribution < -0.4 is 4.90 Å². The van der Waals surface area contributed by atoms with E-state index in [0.717, 1.165) is 21.6 Å². The van der Waals surface area contributed by atoms with Crippen molar-refractivity contribution in [3.05, 3.63) is 58.1 Å². The number of esters is 1. The zero-order valence-electron chi connectivity index (χ0n) is 13.8. The van der Waals surface area contributed by atoms with Crippen molar-refractivity contribution in [1.29, 1.82) is 0 Å². The number of carbonyl (C=O) groups is 2. The third-order valence-electron chi connectivity index (χ3n) is 4.21. The first-order valence-electron chi connectivity index (χ1n) is 8.23.